The third-order valence-corrected chi connectivity index (χ3v) is 8.38. The van der Waals surface area contributed by atoms with Gasteiger partial charge in [0.05, 0.1) is 6.07 Å². The lowest BCUT2D eigenvalue weighted by Crippen LogP contribution is -2.59. The number of pyridine rings is 1. The molecule has 4 amide bonds. The minimum absolute atomic E-state index is 0.00632. The first-order valence-corrected chi connectivity index (χ1v) is 13.4. The van der Waals surface area contributed by atoms with Crippen LogP contribution in [-0.4, -0.2) is 64.9 Å². The Hall–Kier alpha value is -3.68. The van der Waals surface area contributed by atoms with E-state index < -0.39 is 35.5 Å². The quantitative estimate of drug-likeness (QED) is 0.456. The van der Waals surface area contributed by atoms with Gasteiger partial charge in [-0.3, -0.25) is 19.4 Å². The number of alkyl carbamates (subject to hydrolysis) is 1. The van der Waals surface area contributed by atoms with Crippen molar-refractivity contribution in [3.05, 3.63) is 30.1 Å². The molecular formula is C28H38N6O5. The van der Waals surface area contributed by atoms with Crippen molar-refractivity contribution in [2.45, 2.75) is 72.2 Å². The number of piperidine rings is 1. The molecule has 2 aliphatic heterocycles. The number of aromatic nitrogens is 1. The zero-order chi connectivity index (χ0) is 28.5. The summed E-state index contributed by atoms with van der Waals surface area (Å²) >= 11 is 0. The maximum atomic E-state index is 13.9. The van der Waals surface area contributed by atoms with Crippen LogP contribution in [0.3, 0.4) is 0 Å². The molecule has 0 radical (unpaired) electrons. The second-order valence-electron chi connectivity index (χ2n) is 12.5. The summed E-state index contributed by atoms with van der Waals surface area (Å²) in [6, 6.07) is 3.06. The summed E-state index contributed by atoms with van der Waals surface area (Å²) in [5.74, 6) is -1.13. The fourth-order valence-electron chi connectivity index (χ4n) is 5.98. The van der Waals surface area contributed by atoms with Gasteiger partial charge in [0.2, 0.25) is 17.7 Å². The molecular weight excluding hydrogens is 500 g/mol. The van der Waals surface area contributed by atoms with Crippen LogP contribution in [-0.2, 0) is 25.7 Å². The Labute approximate surface area is 229 Å². The first-order valence-electron chi connectivity index (χ1n) is 13.4. The normalized spacial score (nSPS) is 26.5. The lowest BCUT2D eigenvalue weighted by Gasteiger charge is -2.37. The molecule has 0 bridgehead atoms. The molecule has 1 aromatic rings. The van der Waals surface area contributed by atoms with Gasteiger partial charge in [-0.2, -0.15) is 5.26 Å². The highest BCUT2D eigenvalue weighted by Crippen LogP contribution is 2.65. The molecule has 0 aromatic carbocycles. The summed E-state index contributed by atoms with van der Waals surface area (Å²) < 4.78 is 5.33. The number of fused-ring (bicyclic) bond motifs is 1. The lowest BCUT2D eigenvalue weighted by molar-refractivity contribution is -0.144. The molecule has 3 N–H and O–H groups in total. The topological polar surface area (TPSA) is 154 Å². The summed E-state index contributed by atoms with van der Waals surface area (Å²) in [7, 11) is 0. The van der Waals surface area contributed by atoms with E-state index in [2.05, 4.69) is 40.9 Å². The predicted molar refractivity (Wildman–Crippen MR) is 140 cm³/mol. The monoisotopic (exact) mass is 538 g/mol. The minimum Gasteiger partial charge on any atom is -0.445 e. The van der Waals surface area contributed by atoms with Gasteiger partial charge in [0.15, 0.2) is 0 Å². The van der Waals surface area contributed by atoms with Crippen LogP contribution < -0.4 is 16.0 Å². The van der Waals surface area contributed by atoms with Crippen LogP contribution in [0.2, 0.25) is 0 Å². The van der Waals surface area contributed by atoms with Crippen molar-refractivity contribution in [1.29, 1.82) is 5.26 Å². The van der Waals surface area contributed by atoms with E-state index in [1.165, 1.54) is 0 Å². The van der Waals surface area contributed by atoms with E-state index in [0.717, 1.165) is 0 Å². The van der Waals surface area contributed by atoms with Gasteiger partial charge in [0.1, 0.15) is 24.7 Å². The molecule has 3 aliphatic rings. The molecule has 0 unspecified atom stereocenters. The maximum Gasteiger partial charge on any atom is 0.408 e. The number of carbonyl (C=O) groups is 4. The largest absolute Gasteiger partial charge is 0.445 e. The molecule has 6 atom stereocenters. The smallest absolute Gasteiger partial charge is 0.408 e. The van der Waals surface area contributed by atoms with Gasteiger partial charge >= 0.3 is 6.09 Å². The van der Waals surface area contributed by atoms with Crippen molar-refractivity contribution >= 4 is 23.8 Å². The Morgan fingerprint density at radius 1 is 1.31 bits per heavy atom. The van der Waals surface area contributed by atoms with E-state index in [1.807, 2.05) is 20.8 Å². The van der Waals surface area contributed by atoms with Crippen molar-refractivity contribution in [2.24, 2.45) is 28.6 Å². The van der Waals surface area contributed by atoms with Crippen molar-refractivity contribution in [1.82, 2.24) is 25.8 Å². The highest BCUT2D eigenvalue weighted by atomic mass is 16.5. The summed E-state index contributed by atoms with van der Waals surface area (Å²) in [4.78, 5) is 57.7. The van der Waals surface area contributed by atoms with Crippen LogP contribution in [0.1, 0.15) is 53.0 Å². The van der Waals surface area contributed by atoms with Crippen LogP contribution in [0.5, 0.6) is 0 Å². The van der Waals surface area contributed by atoms with E-state index in [4.69, 9.17) is 4.74 Å². The van der Waals surface area contributed by atoms with Gasteiger partial charge in [-0.15, -0.1) is 0 Å². The second-order valence-corrected chi connectivity index (χ2v) is 12.5. The third-order valence-electron chi connectivity index (χ3n) is 8.38. The molecule has 1 saturated carbocycles. The van der Waals surface area contributed by atoms with E-state index in [1.54, 1.807) is 29.4 Å². The lowest BCUT2D eigenvalue weighted by atomic mass is 9.85. The Morgan fingerprint density at radius 2 is 2.05 bits per heavy atom. The van der Waals surface area contributed by atoms with Crippen LogP contribution in [0.15, 0.2) is 24.5 Å². The second kappa shape index (κ2) is 10.8. The van der Waals surface area contributed by atoms with Gasteiger partial charge in [0, 0.05) is 37.0 Å². The number of nitrogens with zero attached hydrogens (tertiary/aromatic N) is 3. The molecule has 39 heavy (non-hydrogen) atoms. The summed E-state index contributed by atoms with van der Waals surface area (Å²) in [6.45, 7) is 10.6. The zero-order valence-corrected chi connectivity index (χ0v) is 23.2. The first kappa shape index (κ1) is 28.3. The average Bonchev–Trinajstić information content (AvgIpc) is 3.23. The summed E-state index contributed by atoms with van der Waals surface area (Å²) in [5, 5.41) is 18.0. The van der Waals surface area contributed by atoms with E-state index in [9.17, 15) is 24.4 Å². The standard InChI is InChI=1S/C28H38N6O5/c1-27(2,3)22(33-26(38)39-15-16-7-6-9-30-13-16)25(37)34-14-19-20(28(19,4)5)21(34)24(36)32-18(12-29)11-17-8-10-31-23(17)35/h6-7,9,13,17-22H,8,10-11,14-15H2,1-5H3,(H,31,35)(H,32,36)(H,33,38)/t17-,18-,19-,20-,21-,22+/m0/s1. The number of carbonyl (C=O) groups excluding carboxylic acids is 4. The third kappa shape index (κ3) is 6.00. The number of likely N-dealkylation sites (tertiary alicyclic amines) is 1. The van der Waals surface area contributed by atoms with Gasteiger partial charge in [-0.05, 0) is 41.6 Å². The van der Waals surface area contributed by atoms with Crippen LogP contribution >= 0.6 is 0 Å². The fraction of sp³-hybridized carbons (Fsp3) is 0.643. The number of hydrogen-bond donors (Lipinski definition) is 3. The van der Waals surface area contributed by atoms with Gasteiger partial charge in [-0.1, -0.05) is 40.7 Å². The van der Waals surface area contributed by atoms with Crippen LogP contribution in [0, 0.1) is 39.9 Å². The number of rotatable bonds is 8. The molecule has 11 heteroatoms. The van der Waals surface area contributed by atoms with Gasteiger partial charge in [0.25, 0.3) is 0 Å². The SMILES string of the molecule is CC(C)(C)[C@H](NC(=O)OCc1cccnc1)C(=O)N1C[C@H]2[C@@H]([C@H]1C(=O)N[C@H](C#N)C[C@@H]1CCNC1=O)C2(C)C. The highest BCUT2D eigenvalue weighted by Gasteiger charge is 2.69. The number of amides is 4. The fourth-order valence-corrected chi connectivity index (χ4v) is 5.98. The molecule has 3 heterocycles. The first-order chi connectivity index (χ1) is 18.3. The number of nitriles is 1. The summed E-state index contributed by atoms with van der Waals surface area (Å²) in [6.07, 6.45) is 3.32. The molecule has 2 saturated heterocycles. The van der Waals surface area contributed by atoms with Crippen molar-refractivity contribution in [2.75, 3.05) is 13.1 Å². The van der Waals surface area contributed by atoms with Crippen LogP contribution in [0.4, 0.5) is 4.79 Å². The summed E-state index contributed by atoms with van der Waals surface area (Å²) in [5.41, 5.74) is -0.0785. The minimum atomic E-state index is -0.941. The number of nitrogens with one attached hydrogen (secondary N) is 3. The molecule has 4 rings (SSSR count). The van der Waals surface area contributed by atoms with Crippen molar-refractivity contribution in [3.8, 4) is 6.07 Å². The van der Waals surface area contributed by atoms with Crippen LogP contribution in [0.25, 0.3) is 0 Å². The molecule has 1 aromatic heterocycles. The van der Waals surface area contributed by atoms with Crippen molar-refractivity contribution < 1.29 is 23.9 Å². The number of ether oxygens (including phenoxy) is 1. The molecule has 1 aliphatic carbocycles. The highest BCUT2D eigenvalue weighted by molar-refractivity contribution is 5.93. The molecule has 210 valence electrons. The van der Waals surface area contributed by atoms with Crippen molar-refractivity contribution in [3.63, 3.8) is 0 Å². The Morgan fingerprint density at radius 3 is 2.64 bits per heavy atom. The zero-order valence-electron chi connectivity index (χ0n) is 23.2. The predicted octanol–water partition coefficient (Wildman–Crippen LogP) is 1.74. The molecule has 11 nitrogen and oxygen atoms in total. The Kier molecular flexibility index (Phi) is 7.87. The van der Waals surface area contributed by atoms with Gasteiger partial charge in [-0.25, -0.2) is 4.79 Å². The van der Waals surface area contributed by atoms with E-state index >= 15 is 0 Å². The Bertz CT molecular complexity index is 1160. The number of hydrogen-bond acceptors (Lipinski definition) is 7. The maximum absolute atomic E-state index is 13.9. The Balaban J connectivity index is 1.46. The van der Waals surface area contributed by atoms with E-state index in [0.29, 0.717) is 25.1 Å². The van der Waals surface area contributed by atoms with Gasteiger partial charge < -0.3 is 25.6 Å². The molecule has 3 fully saturated rings. The molecule has 0 spiro atoms. The average molecular weight is 539 g/mol. The van der Waals surface area contributed by atoms with E-state index in [-0.39, 0.29) is 48.0 Å².